The van der Waals surface area contributed by atoms with Crippen LogP contribution in [0.4, 0.5) is 0 Å². The summed E-state index contributed by atoms with van der Waals surface area (Å²) in [7, 11) is -3.74. The van der Waals surface area contributed by atoms with Gasteiger partial charge in [0.15, 0.2) is 0 Å². The largest absolute Gasteiger partial charge is 0.337 e. The lowest BCUT2D eigenvalue weighted by Gasteiger charge is -2.34. The minimum atomic E-state index is -3.74. The highest BCUT2D eigenvalue weighted by molar-refractivity contribution is 7.91. The minimum absolute atomic E-state index is 0.0296. The van der Waals surface area contributed by atoms with E-state index in [1.54, 1.807) is 10.3 Å². The molecule has 0 radical (unpaired) electrons. The first kappa shape index (κ1) is 17.4. The summed E-state index contributed by atoms with van der Waals surface area (Å²) < 4.78 is 22.6. The molecule has 0 saturated carbocycles. The molecule has 1 aliphatic rings. The summed E-state index contributed by atoms with van der Waals surface area (Å²) in [6.45, 7) is 9.62. The lowest BCUT2D eigenvalue weighted by atomic mass is 10.1. The predicted molar refractivity (Wildman–Crippen MR) is 87.5 cm³/mol. The summed E-state index contributed by atoms with van der Waals surface area (Å²) in [5, 5.41) is 6.65. The molecule has 1 aliphatic heterocycles. The normalized spacial score (nSPS) is 18.3. The van der Waals surface area contributed by atoms with Crippen molar-refractivity contribution in [2.45, 2.75) is 36.9 Å². The third kappa shape index (κ3) is 4.07. The van der Waals surface area contributed by atoms with Crippen LogP contribution >= 0.6 is 11.3 Å². The van der Waals surface area contributed by atoms with Crippen molar-refractivity contribution in [1.29, 1.82) is 0 Å². The number of nitrogens with zero attached hydrogens (tertiary/aromatic N) is 2. The molecule has 8 heteroatoms. The second-order valence-corrected chi connectivity index (χ2v) is 9.20. The highest BCUT2D eigenvalue weighted by atomic mass is 32.2. The third-order valence-electron chi connectivity index (χ3n) is 3.83. The molecule has 124 valence electrons. The number of carbonyl (C=O) groups is 1. The standard InChI is InChI=1S/C14H23N3O3S2/c1-14(2,3)17-6-4-5-16(7-8-17)13(18)11-9-12(21-10-11)22(15,19)20/h9-10H,4-8H2,1-3H3,(H2,15,19,20). The molecule has 2 N–H and O–H groups in total. The van der Waals surface area contributed by atoms with Crippen LogP contribution in [0.15, 0.2) is 15.7 Å². The van der Waals surface area contributed by atoms with E-state index in [2.05, 4.69) is 25.7 Å². The molecule has 0 bridgehead atoms. The fourth-order valence-corrected chi connectivity index (χ4v) is 4.13. The van der Waals surface area contributed by atoms with Crippen LogP contribution in [0.1, 0.15) is 37.6 Å². The van der Waals surface area contributed by atoms with Crippen LogP contribution in [0.2, 0.25) is 0 Å². The quantitative estimate of drug-likeness (QED) is 0.877. The van der Waals surface area contributed by atoms with E-state index in [-0.39, 0.29) is 15.7 Å². The first-order valence-corrected chi connectivity index (χ1v) is 9.67. The van der Waals surface area contributed by atoms with Crippen molar-refractivity contribution >= 4 is 27.3 Å². The number of thiophene rings is 1. The van der Waals surface area contributed by atoms with Crippen molar-refractivity contribution in [3.05, 3.63) is 17.0 Å². The summed E-state index contributed by atoms with van der Waals surface area (Å²) in [6.07, 6.45) is 0.912. The lowest BCUT2D eigenvalue weighted by molar-refractivity contribution is 0.0750. The van der Waals surface area contributed by atoms with Gasteiger partial charge in [-0.1, -0.05) is 0 Å². The van der Waals surface area contributed by atoms with Crippen molar-refractivity contribution in [2.75, 3.05) is 26.2 Å². The van der Waals surface area contributed by atoms with E-state index in [0.29, 0.717) is 18.7 Å². The summed E-state index contributed by atoms with van der Waals surface area (Å²) in [6, 6.07) is 1.37. The van der Waals surface area contributed by atoms with Crippen molar-refractivity contribution in [1.82, 2.24) is 9.80 Å². The van der Waals surface area contributed by atoms with Gasteiger partial charge < -0.3 is 4.90 Å². The van der Waals surface area contributed by atoms with Crippen molar-refractivity contribution in [2.24, 2.45) is 5.14 Å². The summed E-state index contributed by atoms with van der Waals surface area (Å²) >= 11 is 0.988. The number of amides is 1. The third-order valence-corrected chi connectivity index (χ3v) is 6.22. The fourth-order valence-electron chi connectivity index (χ4n) is 2.55. The number of nitrogens with two attached hydrogens (primary N) is 1. The van der Waals surface area contributed by atoms with E-state index in [1.165, 1.54) is 6.07 Å². The first-order valence-electron chi connectivity index (χ1n) is 7.25. The van der Waals surface area contributed by atoms with Crippen LogP contribution in [0, 0.1) is 0 Å². The zero-order valence-electron chi connectivity index (χ0n) is 13.2. The maximum absolute atomic E-state index is 12.5. The number of sulfonamides is 1. The van der Waals surface area contributed by atoms with Crippen LogP contribution in [-0.4, -0.2) is 55.8 Å². The monoisotopic (exact) mass is 345 g/mol. The minimum Gasteiger partial charge on any atom is -0.337 e. The SMILES string of the molecule is CC(C)(C)N1CCCN(C(=O)c2csc(S(N)(=O)=O)c2)CC1. The summed E-state index contributed by atoms with van der Waals surface area (Å²) in [5.41, 5.74) is 0.487. The van der Waals surface area contributed by atoms with E-state index in [0.717, 1.165) is 30.8 Å². The highest BCUT2D eigenvalue weighted by Crippen LogP contribution is 2.22. The number of primary sulfonamides is 1. The zero-order chi connectivity index (χ0) is 16.5. The van der Waals surface area contributed by atoms with Crippen LogP contribution in [0.3, 0.4) is 0 Å². The Morgan fingerprint density at radius 1 is 1.23 bits per heavy atom. The topological polar surface area (TPSA) is 83.7 Å². The Labute approximate surface area is 135 Å². The molecular formula is C14H23N3O3S2. The van der Waals surface area contributed by atoms with E-state index < -0.39 is 10.0 Å². The molecule has 0 spiro atoms. The van der Waals surface area contributed by atoms with E-state index in [9.17, 15) is 13.2 Å². The Bertz CT molecular complexity index is 647. The van der Waals surface area contributed by atoms with Crippen LogP contribution in [0.5, 0.6) is 0 Å². The van der Waals surface area contributed by atoms with Gasteiger partial charge in [0, 0.05) is 37.1 Å². The van der Waals surface area contributed by atoms with Gasteiger partial charge in [-0.2, -0.15) is 0 Å². The number of carbonyl (C=O) groups excluding carboxylic acids is 1. The maximum atomic E-state index is 12.5. The molecule has 1 fully saturated rings. The van der Waals surface area contributed by atoms with Crippen molar-refractivity contribution in [3.63, 3.8) is 0 Å². The average molecular weight is 345 g/mol. The van der Waals surface area contributed by atoms with Gasteiger partial charge in [0.1, 0.15) is 4.21 Å². The average Bonchev–Trinajstić information content (AvgIpc) is 2.74. The molecule has 0 unspecified atom stereocenters. The highest BCUT2D eigenvalue weighted by Gasteiger charge is 2.27. The predicted octanol–water partition coefficient (Wildman–Crippen LogP) is 1.34. The smallest absolute Gasteiger partial charge is 0.254 e. The van der Waals surface area contributed by atoms with Crippen LogP contribution < -0.4 is 5.14 Å². The van der Waals surface area contributed by atoms with Crippen LogP contribution in [0.25, 0.3) is 0 Å². The van der Waals surface area contributed by atoms with Crippen LogP contribution in [-0.2, 0) is 10.0 Å². The molecule has 1 amide bonds. The molecule has 1 saturated heterocycles. The van der Waals surface area contributed by atoms with Gasteiger partial charge in [-0.3, -0.25) is 9.69 Å². The molecule has 1 aromatic heterocycles. The molecular weight excluding hydrogens is 322 g/mol. The Morgan fingerprint density at radius 2 is 1.91 bits per heavy atom. The molecule has 22 heavy (non-hydrogen) atoms. The van der Waals surface area contributed by atoms with Gasteiger partial charge in [-0.25, -0.2) is 13.6 Å². The Balaban J connectivity index is 2.09. The maximum Gasteiger partial charge on any atom is 0.254 e. The lowest BCUT2D eigenvalue weighted by Crippen LogP contribution is -2.44. The molecule has 1 aromatic rings. The van der Waals surface area contributed by atoms with E-state index in [1.807, 2.05) is 0 Å². The Hall–Kier alpha value is -0.960. The molecule has 0 atom stereocenters. The van der Waals surface area contributed by atoms with Crippen molar-refractivity contribution < 1.29 is 13.2 Å². The second kappa shape index (κ2) is 6.27. The Kier molecular flexibility index (Phi) is 4.96. The van der Waals surface area contributed by atoms with Gasteiger partial charge in [-0.15, -0.1) is 11.3 Å². The first-order chi connectivity index (χ1) is 10.1. The van der Waals surface area contributed by atoms with Gasteiger partial charge in [0.2, 0.25) is 10.0 Å². The number of hydrogen-bond donors (Lipinski definition) is 1. The number of hydrogen-bond acceptors (Lipinski definition) is 5. The second-order valence-electron chi connectivity index (χ2n) is 6.50. The fraction of sp³-hybridized carbons (Fsp3) is 0.643. The van der Waals surface area contributed by atoms with E-state index in [4.69, 9.17) is 5.14 Å². The summed E-state index contributed by atoms with van der Waals surface area (Å²) in [4.78, 5) is 16.7. The summed E-state index contributed by atoms with van der Waals surface area (Å²) in [5.74, 6) is -0.123. The van der Waals surface area contributed by atoms with E-state index >= 15 is 0 Å². The van der Waals surface area contributed by atoms with Gasteiger partial charge in [-0.05, 0) is 33.3 Å². The van der Waals surface area contributed by atoms with Crippen molar-refractivity contribution in [3.8, 4) is 0 Å². The van der Waals surface area contributed by atoms with Gasteiger partial charge in [0.25, 0.3) is 5.91 Å². The molecule has 6 nitrogen and oxygen atoms in total. The Morgan fingerprint density at radius 3 is 2.45 bits per heavy atom. The van der Waals surface area contributed by atoms with Gasteiger partial charge >= 0.3 is 0 Å². The molecule has 2 rings (SSSR count). The zero-order valence-corrected chi connectivity index (χ0v) is 14.8. The number of rotatable bonds is 2. The molecule has 2 heterocycles. The van der Waals surface area contributed by atoms with Gasteiger partial charge in [0.05, 0.1) is 5.56 Å². The molecule has 0 aliphatic carbocycles. The molecule has 0 aromatic carbocycles.